The zero-order chi connectivity index (χ0) is 13.2. The fraction of sp³-hybridized carbons (Fsp3) is 0.231. The second kappa shape index (κ2) is 4.93. The monoisotopic (exact) mass is 277 g/mol. The smallest absolute Gasteiger partial charge is 0.262 e. The quantitative estimate of drug-likeness (QED) is 0.918. The normalized spacial score (nSPS) is 13.5. The third-order valence-corrected chi connectivity index (χ3v) is 3.14. The lowest BCUT2D eigenvalue weighted by molar-refractivity contribution is 0.102. The van der Waals surface area contributed by atoms with E-state index in [1.165, 1.54) is 6.20 Å². The summed E-state index contributed by atoms with van der Waals surface area (Å²) in [5, 5.41) is 7.56. The predicted molar refractivity (Wildman–Crippen MR) is 71.7 cm³/mol. The SMILES string of the molecule is O=C(Nc1ccc(Cl)cc1)c1cnn2c1OCCC2. The third-order valence-electron chi connectivity index (χ3n) is 2.89. The fourth-order valence-electron chi connectivity index (χ4n) is 1.96. The molecule has 0 saturated carbocycles. The molecule has 0 spiro atoms. The van der Waals surface area contributed by atoms with Gasteiger partial charge in [-0.25, -0.2) is 4.68 Å². The van der Waals surface area contributed by atoms with E-state index in [2.05, 4.69) is 10.4 Å². The molecule has 19 heavy (non-hydrogen) atoms. The van der Waals surface area contributed by atoms with E-state index in [9.17, 15) is 4.79 Å². The van der Waals surface area contributed by atoms with Gasteiger partial charge in [0.2, 0.25) is 5.88 Å². The molecule has 1 aliphatic heterocycles. The lowest BCUT2D eigenvalue weighted by Gasteiger charge is -2.15. The number of ether oxygens (including phenoxy) is 1. The molecule has 0 aliphatic carbocycles. The fourth-order valence-corrected chi connectivity index (χ4v) is 2.08. The minimum Gasteiger partial charge on any atom is -0.477 e. The molecule has 1 aromatic heterocycles. The van der Waals surface area contributed by atoms with Crippen LogP contribution in [0.1, 0.15) is 16.8 Å². The lowest BCUT2D eigenvalue weighted by Crippen LogP contribution is -2.18. The predicted octanol–water partition coefficient (Wildman–Crippen LogP) is 2.57. The van der Waals surface area contributed by atoms with Crippen molar-refractivity contribution in [3.05, 3.63) is 41.0 Å². The molecule has 3 rings (SSSR count). The van der Waals surface area contributed by atoms with Crippen LogP contribution in [0.25, 0.3) is 0 Å². The van der Waals surface area contributed by atoms with Crippen LogP contribution in [0.4, 0.5) is 5.69 Å². The first-order chi connectivity index (χ1) is 9.24. The Hall–Kier alpha value is -2.01. The Morgan fingerprint density at radius 1 is 1.37 bits per heavy atom. The molecule has 0 saturated heterocycles. The Morgan fingerprint density at radius 3 is 2.95 bits per heavy atom. The van der Waals surface area contributed by atoms with Crippen molar-refractivity contribution in [2.45, 2.75) is 13.0 Å². The Kier molecular flexibility index (Phi) is 3.13. The Morgan fingerprint density at radius 2 is 2.16 bits per heavy atom. The molecule has 0 fully saturated rings. The van der Waals surface area contributed by atoms with Crippen LogP contribution < -0.4 is 10.1 Å². The molecular weight excluding hydrogens is 266 g/mol. The molecule has 5 nitrogen and oxygen atoms in total. The highest BCUT2D eigenvalue weighted by molar-refractivity contribution is 6.30. The highest BCUT2D eigenvalue weighted by Crippen LogP contribution is 2.23. The molecule has 0 radical (unpaired) electrons. The van der Waals surface area contributed by atoms with Crippen LogP contribution in [0.2, 0.25) is 5.02 Å². The van der Waals surface area contributed by atoms with Crippen molar-refractivity contribution in [1.29, 1.82) is 0 Å². The van der Waals surface area contributed by atoms with Gasteiger partial charge in [0.1, 0.15) is 5.56 Å². The molecule has 1 aliphatic rings. The Balaban J connectivity index is 1.80. The van der Waals surface area contributed by atoms with Crippen LogP contribution in [0.5, 0.6) is 5.88 Å². The number of benzene rings is 1. The average Bonchev–Trinajstić information content (AvgIpc) is 2.85. The lowest BCUT2D eigenvalue weighted by atomic mass is 10.2. The second-order valence-corrected chi connectivity index (χ2v) is 4.69. The summed E-state index contributed by atoms with van der Waals surface area (Å²) in [6.45, 7) is 1.40. The maximum atomic E-state index is 12.2. The van der Waals surface area contributed by atoms with Crippen molar-refractivity contribution in [2.75, 3.05) is 11.9 Å². The number of hydrogen-bond acceptors (Lipinski definition) is 3. The molecule has 0 bridgehead atoms. The molecule has 1 N–H and O–H groups in total. The van der Waals surface area contributed by atoms with Gasteiger partial charge in [-0.3, -0.25) is 4.79 Å². The number of fused-ring (bicyclic) bond motifs is 1. The molecule has 1 amide bonds. The van der Waals surface area contributed by atoms with Crippen molar-refractivity contribution in [3.63, 3.8) is 0 Å². The van der Waals surface area contributed by atoms with Gasteiger partial charge in [0.25, 0.3) is 5.91 Å². The summed E-state index contributed by atoms with van der Waals surface area (Å²) >= 11 is 5.80. The Bertz CT molecular complexity index is 607. The number of aromatic nitrogens is 2. The van der Waals surface area contributed by atoms with Gasteiger partial charge >= 0.3 is 0 Å². The van der Waals surface area contributed by atoms with E-state index in [0.29, 0.717) is 28.8 Å². The summed E-state index contributed by atoms with van der Waals surface area (Å²) in [7, 11) is 0. The zero-order valence-corrected chi connectivity index (χ0v) is 10.9. The first kappa shape index (κ1) is 12.0. The molecule has 6 heteroatoms. The maximum Gasteiger partial charge on any atom is 0.262 e. The largest absolute Gasteiger partial charge is 0.477 e. The number of hydrogen-bond donors (Lipinski definition) is 1. The number of halogens is 1. The second-order valence-electron chi connectivity index (χ2n) is 4.25. The van der Waals surface area contributed by atoms with E-state index in [0.717, 1.165) is 13.0 Å². The van der Waals surface area contributed by atoms with Crippen LogP contribution in [-0.4, -0.2) is 22.3 Å². The summed E-state index contributed by atoms with van der Waals surface area (Å²) in [5.41, 5.74) is 1.14. The highest BCUT2D eigenvalue weighted by Gasteiger charge is 2.21. The number of nitrogens with one attached hydrogen (secondary N) is 1. The van der Waals surface area contributed by atoms with Crippen LogP contribution in [0, 0.1) is 0 Å². The van der Waals surface area contributed by atoms with Gasteiger partial charge in [-0.05, 0) is 24.3 Å². The van der Waals surface area contributed by atoms with E-state index in [4.69, 9.17) is 16.3 Å². The van der Waals surface area contributed by atoms with Crippen molar-refractivity contribution >= 4 is 23.2 Å². The number of rotatable bonds is 2. The van der Waals surface area contributed by atoms with Crippen LogP contribution >= 0.6 is 11.6 Å². The number of carbonyl (C=O) groups is 1. The zero-order valence-electron chi connectivity index (χ0n) is 10.1. The van der Waals surface area contributed by atoms with E-state index in [-0.39, 0.29) is 5.91 Å². The van der Waals surface area contributed by atoms with E-state index in [1.54, 1.807) is 28.9 Å². The molecule has 1 aromatic carbocycles. The summed E-state index contributed by atoms with van der Waals surface area (Å²) in [6, 6.07) is 6.94. The average molecular weight is 278 g/mol. The molecular formula is C13H12ClN3O2. The molecule has 2 heterocycles. The minimum absolute atomic E-state index is 0.231. The molecule has 0 unspecified atom stereocenters. The van der Waals surface area contributed by atoms with Crippen molar-refractivity contribution in [1.82, 2.24) is 9.78 Å². The van der Waals surface area contributed by atoms with Gasteiger partial charge in [-0.2, -0.15) is 5.10 Å². The molecule has 2 aromatic rings. The number of nitrogens with zero attached hydrogens (tertiary/aromatic N) is 2. The van der Waals surface area contributed by atoms with Crippen LogP contribution in [-0.2, 0) is 6.54 Å². The highest BCUT2D eigenvalue weighted by atomic mass is 35.5. The van der Waals surface area contributed by atoms with Gasteiger partial charge in [0.15, 0.2) is 0 Å². The van der Waals surface area contributed by atoms with E-state index in [1.807, 2.05) is 0 Å². The molecule has 98 valence electrons. The summed E-state index contributed by atoms with van der Waals surface area (Å²) in [6.07, 6.45) is 2.44. The van der Waals surface area contributed by atoms with Crippen LogP contribution in [0.3, 0.4) is 0 Å². The third kappa shape index (κ3) is 2.42. The summed E-state index contributed by atoms with van der Waals surface area (Å²) in [5.74, 6) is 0.309. The van der Waals surface area contributed by atoms with Gasteiger partial charge in [-0.1, -0.05) is 11.6 Å². The number of carbonyl (C=O) groups excluding carboxylic acids is 1. The van der Waals surface area contributed by atoms with E-state index >= 15 is 0 Å². The Labute approximate surface area is 115 Å². The van der Waals surface area contributed by atoms with Gasteiger partial charge in [-0.15, -0.1) is 0 Å². The number of anilines is 1. The van der Waals surface area contributed by atoms with Crippen LogP contribution in [0.15, 0.2) is 30.5 Å². The first-order valence-electron chi connectivity index (χ1n) is 5.99. The van der Waals surface area contributed by atoms with Gasteiger partial charge in [0, 0.05) is 23.7 Å². The maximum absolute atomic E-state index is 12.2. The van der Waals surface area contributed by atoms with Crippen molar-refractivity contribution in [3.8, 4) is 5.88 Å². The molecule has 0 atom stereocenters. The minimum atomic E-state index is -0.231. The number of amides is 1. The first-order valence-corrected chi connectivity index (χ1v) is 6.37. The van der Waals surface area contributed by atoms with Gasteiger partial charge < -0.3 is 10.1 Å². The standard InChI is InChI=1S/C13H12ClN3O2/c14-9-2-4-10(5-3-9)16-12(18)11-8-15-17-6-1-7-19-13(11)17/h2-5,8H,1,6-7H2,(H,16,18). The van der Waals surface area contributed by atoms with Crippen molar-refractivity contribution < 1.29 is 9.53 Å². The summed E-state index contributed by atoms with van der Waals surface area (Å²) < 4.78 is 7.20. The van der Waals surface area contributed by atoms with Crippen molar-refractivity contribution in [2.24, 2.45) is 0 Å². The summed E-state index contributed by atoms with van der Waals surface area (Å²) in [4.78, 5) is 12.2. The number of aryl methyl sites for hydroxylation is 1. The van der Waals surface area contributed by atoms with E-state index < -0.39 is 0 Å². The van der Waals surface area contributed by atoms with Gasteiger partial charge in [0.05, 0.1) is 12.8 Å². The topological polar surface area (TPSA) is 56.2 Å².